The first-order valence-corrected chi connectivity index (χ1v) is 10.5. The van der Waals surface area contributed by atoms with Crippen LogP contribution in [-0.2, 0) is 16.0 Å². The van der Waals surface area contributed by atoms with Crippen molar-refractivity contribution in [3.05, 3.63) is 70.2 Å². The molecular weight excluding hydrogens is 408 g/mol. The number of carbonyl (C=O) groups excluding carboxylic acids is 1. The third-order valence-electron chi connectivity index (χ3n) is 4.02. The minimum atomic E-state index is -0.0677. The van der Waals surface area contributed by atoms with Crippen molar-refractivity contribution < 1.29 is 4.79 Å². The van der Waals surface area contributed by atoms with Gasteiger partial charge in [0, 0.05) is 15.9 Å². The maximum atomic E-state index is 12.0. The van der Waals surface area contributed by atoms with Crippen molar-refractivity contribution in [3.8, 4) is 0 Å². The maximum Gasteiger partial charge on any atom is 0.250 e. The van der Waals surface area contributed by atoms with Crippen LogP contribution in [0.2, 0.25) is 0 Å². The Morgan fingerprint density at radius 1 is 1.15 bits per heavy atom. The molecule has 0 radical (unpaired) electrons. The zero-order valence-electron chi connectivity index (χ0n) is 15.5. The maximum absolute atomic E-state index is 12.0. The largest absolute Gasteiger partial charge is 0.272 e. The number of benzene rings is 2. The molecule has 138 valence electrons. The summed E-state index contributed by atoms with van der Waals surface area (Å²) in [7, 11) is 0. The Kier molecular flexibility index (Phi) is 7.91. The van der Waals surface area contributed by atoms with E-state index in [1.165, 1.54) is 11.1 Å². The molecule has 3 nitrogen and oxygen atoms in total. The summed E-state index contributed by atoms with van der Waals surface area (Å²) in [5, 5.41) is 4.27. The number of thioether (sulfide) groups is 1. The molecule has 2 rings (SSSR count). The lowest BCUT2D eigenvalue weighted by Gasteiger charge is -2.25. The Balaban J connectivity index is 1.78. The number of hydrazone groups is 1. The predicted molar refractivity (Wildman–Crippen MR) is 116 cm³/mol. The van der Waals surface area contributed by atoms with E-state index in [9.17, 15) is 4.79 Å². The summed E-state index contributed by atoms with van der Waals surface area (Å²) in [6.07, 6.45) is 0.794. The topological polar surface area (TPSA) is 41.5 Å². The number of hydrogen-bond acceptors (Lipinski definition) is 3. The molecule has 0 aromatic heterocycles. The molecule has 0 aliphatic heterocycles. The minimum Gasteiger partial charge on any atom is -0.272 e. The highest BCUT2D eigenvalue weighted by atomic mass is 79.9. The van der Waals surface area contributed by atoms with Gasteiger partial charge in [0.15, 0.2) is 0 Å². The Morgan fingerprint density at radius 2 is 1.88 bits per heavy atom. The first kappa shape index (κ1) is 20.7. The molecule has 0 saturated carbocycles. The number of nitrogens with zero attached hydrogens (tertiary/aromatic N) is 1. The molecule has 0 heterocycles. The van der Waals surface area contributed by atoms with E-state index in [2.05, 4.69) is 64.6 Å². The second-order valence-corrected chi connectivity index (χ2v) is 8.83. The number of halogens is 1. The van der Waals surface area contributed by atoms with Gasteiger partial charge in [-0.05, 0) is 42.0 Å². The fourth-order valence-electron chi connectivity index (χ4n) is 2.75. The van der Waals surface area contributed by atoms with Crippen LogP contribution in [0.25, 0.3) is 0 Å². The summed E-state index contributed by atoms with van der Waals surface area (Å²) in [5.41, 5.74) is 6.04. The molecule has 0 bridgehead atoms. The normalized spacial score (nSPS) is 12.1. The van der Waals surface area contributed by atoms with Crippen LogP contribution < -0.4 is 5.43 Å². The lowest BCUT2D eigenvalue weighted by atomic mass is 9.80. The molecular formula is C21H25BrN2OS. The molecule has 0 saturated heterocycles. The number of nitrogens with one attached hydrogen (secondary N) is 1. The van der Waals surface area contributed by atoms with E-state index >= 15 is 0 Å². The van der Waals surface area contributed by atoms with Crippen LogP contribution in [0.5, 0.6) is 0 Å². The van der Waals surface area contributed by atoms with Crippen LogP contribution >= 0.6 is 27.7 Å². The van der Waals surface area contributed by atoms with Crippen LogP contribution in [0, 0.1) is 0 Å². The third kappa shape index (κ3) is 6.96. The third-order valence-corrected chi connectivity index (χ3v) is 5.51. The van der Waals surface area contributed by atoms with E-state index in [1.54, 1.807) is 11.8 Å². The van der Waals surface area contributed by atoms with Gasteiger partial charge in [-0.2, -0.15) is 5.10 Å². The Bertz CT molecular complexity index is 760. The van der Waals surface area contributed by atoms with Gasteiger partial charge in [-0.15, -0.1) is 11.8 Å². The summed E-state index contributed by atoms with van der Waals surface area (Å²) in [6, 6.07) is 18.5. The predicted octanol–water partition coefficient (Wildman–Crippen LogP) is 5.54. The van der Waals surface area contributed by atoms with E-state index in [0.29, 0.717) is 5.75 Å². The lowest BCUT2D eigenvalue weighted by molar-refractivity contribution is -0.118. The van der Waals surface area contributed by atoms with E-state index in [0.717, 1.165) is 22.4 Å². The fourth-order valence-corrected chi connectivity index (χ4v) is 3.96. The second-order valence-electron chi connectivity index (χ2n) is 6.93. The van der Waals surface area contributed by atoms with Gasteiger partial charge in [0.2, 0.25) is 5.91 Å². The van der Waals surface area contributed by atoms with Crippen molar-refractivity contribution in [2.24, 2.45) is 5.10 Å². The van der Waals surface area contributed by atoms with Gasteiger partial charge in [0.05, 0.1) is 5.75 Å². The number of amides is 1. The van der Waals surface area contributed by atoms with Crippen molar-refractivity contribution in [2.75, 3.05) is 5.75 Å². The molecule has 0 unspecified atom stereocenters. The Morgan fingerprint density at radius 3 is 2.58 bits per heavy atom. The monoisotopic (exact) mass is 432 g/mol. The Hall–Kier alpha value is -1.59. The molecule has 2 aromatic carbocycles. The van der Waals surface area contributed by atoms with Gasteiger partial charge in [0.25, 0.3) is 0 Å². The first-order valence-electron chi connectivity index (χ1n) is 8.56. The summed E-state index contributed by atoms with van der Waals surface area (Å²) < 4.78 is 1.06. The van der Waals surface area contributed by atoms with Gasteiger partial charge in [0.1, 0.15) is 0 Å². The smallest absolute Gasteiger partial charge is 0.250 e. The molecule has 0 aliphatic carbocycles. The Labute approximate surface area is 168 Å². The fraction of sp³-hybridized carbons (Fsp3) is 0.333. The SMILES string of the molecule is C/C(CC(C)(C)c1ccccc1)=N\NC(=O)CSCc1cccc(Br)c1. The molecule has 0 spiro atoms. The van der Waals surface area contributed by atoms with E-state index in [1.807, 2.05) is 37.3 Å². The molecule has 1 N–H and O–H groups in total. The van der Waals surface area contributed by atoms with E-state index < -0.39 is 0 Å². The van der Waals surface area contributed by atoms with Gasteiger partial charge >= 0.3 is 0 Å². The average molecular weight is 433 g/mol. The van der Waals surface area contributed by atoms with Gasteiger partial charge in [-0.3, -0.25) is 4.79 Å². The zero-order valence-corrected chi connectivity index (χ0v) is 17.9. The molecule has 0 aliphatic rings. The molecule has 26 heavy (non-hydrogen) atoms. The van der Waals surface area contributed by atoms with Crippen molar-refractivity contribution in [1.82, 2.24) is 5.43 Å². The van der Waals surface area contributed by atoms with Crippen molar-refractivity contribution in [3.63, 3.8) is 0 Å². The summed E-state index contributed by atoms with van der Waals surface area (Å²) in [5.74, 6) is 1.13. The van der Waals surface area contributed by atoms with Gasteiger partial charge < -0.3 is 0 Å². The van der Waals surface area contributed by atoms with Crippen molar-refractivity contribution >= 4 is 39.3 Å². The van der Waals surface area contributed by atoms with Crippen molar-refractivity contribution in [1.29, 1.82) is 0 Å². The number of rotatable bonds is 8. The van der Waals surface area contributed by atoms with Gasteiger partial charge in [-0.1, -0.05) is 72.2 Å². The van der Waals surface area contributed by atoms with Gasteiger partial charge in [-0.25, -0.2) is 5.43 Å². The molecule has 2 aromatic rings. The highest BCUT2D eigenvalue weighted by Gasteiger charge is 2.21. The number of carbonyl (C=O) groups is 1. The zero-order chi connectivity index (χ0) is 19.0. The molecule has 0 atom stereocenters. The highest BCUT2D eigenvalue weighted by molar-refractivity contribution is 9.10. The molecule has 1 amide bonds. The number of hydrogen-bond donors (Lipinski definition) is 1. The van der Waals surface area contributed by atoms with E-state index in [4.69, 9.17) is 0 Å². The summed E-state index contributed by atoms with van der Waals surface area (Å²) in [4.78, 5) is 12.0. The summed E-state index contributed by atoms with van der Waals surface area (Å²) >= 11 is 5.04. The van der Waals surface area contributed by atoms with Crippen LogP contribution in [0.4, 0.5) is 0 Å². The average Bonchev–Trinajstić information content (AvgIpc) is 2.60. The molecule has 5 heteroatoms. The summed E-state index contributed by atoms with van der Waals surface area (Å²) in [6.45, 7) is 6.34. The highest BCUT2D eigenvalue weighted by Crippen LogP contribution is 2.27. The van der Waals surface area contributed by atoms with Crippen molar-refractivity contribution in [2.45, 2.75) is 38.4 Å². The van der Waals surface area contributed by atoms with Crippen LogP contribution in [0.15, 0.2) is 64.2 Å². The lowest BCUT2D eigenvalue weighted by Crippen LogP contribution is -2.25. The second kappa shape index (κ2) is 9.93. The minimum absolute atomic E-state index is 0.0188. The van der Waals surface area contributed by atoms with Crippen LogP contribution in [0.3, 0.4) is 0 Å². The van der Waals surface area contributed by atoms with Crippen LogP contribution in [0.1, 0.15) is 38.3 Å². The molecule has 0 fully saturated rings. The van der Waals surface area contributed by atoms with E-state index in [-0.39, 0.29) is 11.3 Å². The quantitative estimate of drug-likeness (QED) is 0.439. The standard InChI is InChI=1S/C21H25BrN2OS/c1-16(13-21(2,3)18-9-5-4-6-10-18)23-24-20(25)15-26-14-17-8-7-11-19(22)12-17/h4-12H,13-15H2,1-3H3,(H,24,25)/b23-16+. The van der Waals surface area contributed by atoms with Crippen LogP contribution in [-0.4, -0.2) is 17.4 Å². The first-order chi connectivity index (χ1) is 12.4.